The van der Waals surface area contributed by atoms with Gasteiger partial charge in [0.1, 0.15) is 11.6 Å². The first-order valence-electron chi connectivity index (χ1n) is 6.58. The lowest BCUT2D eigenvalue weighted by Gasteiger charge is -2.38. The third kappa shape index (κ3) is 3.30. The average molecular weight is 264 g/mol. The first-order chi connectivity index (χ1) is 9.04. The number of rotatable bonds is 5. The van der Waals surface area contributed by atoms with Gasteiger partial charge in [0, 0.05) is 13.1 Å². The molecular formula is C15H18F2N2. The Hall–Kier alpha value is -1.47. The van der Waals surface area contributed by atoms with Gasteiger partial charge in [-0.15, -0.1) is 0 Å². The molecule has 0 saturated heterocycles. The minimum atomic E-state index is -0.411. The molecule has 2 nitrogen and oxygen atoms in total. The molecule has 102 valence electrons. The fourth-order valence-corrected chi connectivity index (χ4v) is 2.55. The Bertz CT molecular complexity index is 489. The van der Waals surface area contributed by atoms with Crippen molar-refractivity contribution >= 4 is 0 Å². The van der Waals surface area contributed by atoms with E-state index in [1.54, 1.807) is 0 Å². The first kappa shape index (κ1) is 14.0. The summed E-state index contributed by atoms with van der Waals surface area (Å²) >= 11 is 0. The molecule has 0 heterocycles. The Morgan fingerprint density at radius 2 is 2.11 bits per heavy atom. The number of hydrogen-bond acceptors (Lipinski definition) is 2. The van der Waals surface area contributed by atoms with E-state index in [1.165, 1.54) is 6.07 Å². The van der Waals surface area contributed by atoms with E-state index in [1.807, 2.05) is 11.9 Å². The summed E-state index contributed by atoms with van der Waals surface area (Å²) in [5.74, 6) is -0.778. The van der Waals surface area contributed by atoms with Crippen LogP contribution >= 0.6 is 0 Å². The van der Waals surface area contributed by atoms with Crippen molar-refractivity contribution in [2.24, 2.45) is 5.41 Å². The van der Waals surface area contributed by atoms with E-state index in [2.05, 4.69) is 6.07 Å². The van der Waals surface area contributed by atoms with E-state index in [0.717, 1.165) is 31.4 Å². The van der Waals surface area contributed by atoms with Gasteiger partial charge >= 0.3 is 0 Å². The van der Waals surface area contributed by atoms with Crippen molar-refractivity contribution in [3.63, 3.8) is 0 Å². The smallest absolute Gasteiger partial charge is 0.126 e. The van der Waals surface area contributed by atoms with Crippen LogP contribution in [-0.4, -0.2) is 25.0 Å². The predicted molar refractivity (Wildman–Crippen MR) is 69.5 cm³/mol. The SMILES string of the molecule is CN(CCc1cc(F)ccc1F)CC1(C#N)CCC1. The molecule has 1 aromatic carbocycles. The summed E-state index contributed by atoms with van der Waals surface area (Å²) in [4.78, 5) is 2.03. The molecule has 0 bridgehead atoms. The van der Waals surface area contributed by atoms with Crippen molar-refractivity contribution in [1.82, 2.24) is 4.90 Å². The predicted octanol–water partition coefficient (Wildman–Crippen LogP) is 3.13. The molecule has 0 atom stereocenters. The molecule has 0 spiro atoms. The zero-order chi connectivity index (χ0) is 13.9. The van der Waals surface area contributed by atoms with Crippen molar-refractivity contribution in [3.8, 4) is 6.07 Å². The van der Waals surface area contributed by atoms with Crippen LogP contribution in [0.3, 0.4) is 0 Å². The molecule has 0 radical (unpaired) electrons. The molecule has 1 aliphatic carbocycles. The minimum absolute atomic E-state index is 0.213. The summed E-state index contributed by atoms with van der Waals surface area (Å²) in [6.07, 6.45) is 3.46. The van der Waals surface area contributed by atoms with Gasteiger partial charge in [-0.3, -0.25) is 0 Å². The van der Waals surface area contributed by atoms with E-state index in [4.69, 9.17) is 5.26 Å². The summed E-state index contributed by atoms with van der Waals surface area (Å²) in [5.41, 5.74) is 0.182. The Balaban J connectivity index is 1.88. The lowest BCUT2D eigenvalue weighted by atomic mass is 9.69. The van der Waals surface area contributed by atoms with Crippen molar-refractivity contribution < 1.29 is 8.78 Å². The van der Waals surface area contributed by atoms with Crippen LogP contribution in [0.15, 0.2) is 18.2 Å². The molecule has 0 aliphatic heterocycles. The quantitative estimate of drug-likeness (QED) is 0.817. The summed E-state index contributed by atoms with van der Waals surface area (Å²) in [5, 5.41) is 9.16. The molecule has 1 aliphatic rings. The zero-order valence-corrected chi connectivity index (χ0v) is 11.1. The van der Waals surface area contributed by atoms with Gasteiger partial charge in [0.15, 0.2) is 0 Å². The molecule has 4 heteroatoms. The van der Waals surface area contributed by atoms with Crippen molar-refractivity contribution in [1.29, 1.82) is 5.26 Å². The van der Waals surface area contributed by atoms with Crippen LogP contribution in [0.5, 0.6) is 0 Å². The molecule has 0 aromatic heterocycles. The molecule has 0 unspecified atom stereocenters. The summed E-state index contributed by atoms with van der Waals surface area (Å²) in [6, 6.07) is 5.92. The summed E-state index contributed by atoms with van der Waals surface area (Å²) in [6.45, 7) is 1.34. The standard InChI is InChI=1S/C15H18F2N2/c1-19(11-15(10-18)6-2-7-15)8-5-12-9-13(16)3-4-14(12)17/h3-4,9H,2,5-8,11H2,1H3. The van der Waals surface area contributed by atoms with E-state index >= 15 is 0 Å². The van der Waals surface area contributed by atoms with E-state index < -0.39 is 5.82 Å². The van der Waals surface area contributed by atoms with E-state index in [-0.39, 0.29) is 11.2 Å². The van der Waals surface area contributed by atoms with Crippen LogP contribution < -0.4 is 0 Å². The molecule has 0 amide bonds. The average Bonchev–Trinajstić information content (AvgIpc) is 2.35. The van der Waals surface area contributed by atoms with Gasteiger partial charge < -0.3 is 4.90 Å². The fourth-order valence-electron chi connectivity index (χ4n) is 2.55. The van der Waals surface area contributed by atoms with Crippen LogP contribution in [-0.2, 0) is 6.42 Å². The Labute approximate surface area is 112 Å². The highest BCUT2D eigenvalue weighted by Crippen LogP contribution is 2.40. The maximum atomic E-state index is 13.5. The molecule has 1 aromatic rings. The van der Waals surface area contributed by atoms with Crippen LogP contribution in [0.1, 0.15) is 24.8 Å². The van der Waals surface area contributed by atoms with E-state index in [9.17, 15) is 8.78 Å². The van der Waals surface area contributed by atoms with Crippen LogP contribution in [0.25, 0.3) is 0 Å². The highest BCUT2D eigenvalue weighted by Gasteiger charge is 2.37. The second-order valence-corrected chi connectivity index (χ2v) is 5.47. The first-order valence-corrected chi connectivity index (χ1v) is 6.58. The molecular weight excluding hydrogens is 246 g/mol. The molecule has 0 N–H and O–H groups in total. The van der Waals surface area contributed by atoms with Gasteiger partial charge in [0.25, 0.3) is 0 Å². The highest BCUT2D eigenvalue weighted by atomic mass is 19.1. The van der Waals surface area contributed by atoms with Gasteiger partial charge in [-0.1, -0.05) is 6.42 Å². The second-order valence-electron chi connectivity index (χ2n) is 5.47. The molecule has 19 heavy (non-hydrogen) atoms. The highest BCUT2D eigenvalue weighted by molar-refractivity contribution is 5.19. The monoisotopic (exact) mass is 264 g/mol. The third-order valence-electron chi connectivity index (χ3n) is 3.89. The normalized spacial score (nSPS) is 17.0. The maximum absolute atomic E-state index is 13.5. The fraction of sp³-hybridized carbons (Fsp3) is 0.533. The zero-order valence-electron chi connectivity index (χ0n) is 11.1. The largest absolute Gasteiger partial charge is 0.304 e. The van der Waals surface area contributed by atoms with E-state index in [0.29, 0.717) is 25.1 Å². The maximum Gasteiger partial charge on any atom is 0.126 e. The van der Waals surface area contributed by atoms with Gasteiger partial charge in [-0.25, -0.2) is 8.78 Å². The lowest BCUT2D eigenvalue weighted by Crippen LogP contribution is -2.40. The Kier molecular flexibility index (Phi) is 4.16. The Morgan fingerprint density at radius 1 is 1.37 bits per heavy atom. The second kappa shape index (κ2) is 5.66. The number of hydrogen-bond donors (Lipinski definition) is 0. The number of benzene rings is 1. The van der Waals surface area contributed by atoms with Crippen LogP contribution in [0.4, 0.5) is 8.78 Å². The van der Waals surface area contributed by atoms with Crippen molar-refractivity contribution in [3.05, 3.63) is 35.4 Å². The molecule has 1 fully saturated rings. The number of likely N-dealkylation sites (N-methyl/N-ethyl adjacent to an activating group) is 1. The van der Waals surface area contributed by atoms with Crippen LogP contribution in [0, 0.1) is 28.4 Å². The molecule has 1 saturated carbocycles. The van der Waals surface area contributed by atoms with Crippen molar-refractivity contribution in [2.45, 2.75) is 25.7 Å². The Morgan fingerprint density at radius 3 is 2.68 bits per heavy atom. The van der Waals surface area contributed by atoms with Gasteiger partial charge in [0.2, 0.25) is 0 Å². The lowest BCUT2D eigenvalue weighted by molar-refractivity contribution is 0.139. The summed E-state index contributed by atoms with van der Waals surface area (Å²) < 4.78 is 26.5. The van der Waals surface area contributed by atoms with Crippen molar-refractivity contribution in [2.75, 3.05) is 20.1 Å². The minimum Gasteiger partial charge on any atom is -0.304 e. The van der Waals surface area contributed by atoms with Crippen LogP contribution in [0.2, 0.25) is 0 Å². The number of halogens is 2. The number of nitriles is 1. The topological polar surface area (TPSA) is 27.0 Å². The van der Waals surface area contributed by atoms with Gasteiger partial charge in [-0.2, -0.15) is 5.26 Å². The number of nitrogens with zero attached hydrogens (tertiary/aromatic N) is 2. The van der Waals surface area contributed by atoms with Gasteiger partial charge in [0.05, 0.1) is 11.5 Å². The van der Waals surface area contributed by atoms with Gasteiger partial charge in [-0.05, 0) is 50.1 Å². The summed E-state index contributed by atoms with van der Waals surface area (Å²) in [7, 11) is 1.93. The third-order valence-corrected chi connectivity index (χ3v) is 3.89. The molecule has 2 rings (SSSR count).